The monoisotopic (exact) mass is 604 g/mol. The SMILES string of the molecule is CCSCSCSCCSC(=O)CCSCSCSCCCOOCCSCSCO. The van der Waals surface area contributed by atoms with Crippen molar-refractivity contribution < 1.29 is 19.7 Å². The van der Waals surface area contributed by atoms with Gasteiger partial charge in [0.25, 0.3) is 0 Å². The predicted octanol–water partition coefficient (Wildman–Crippen LogP) is 6.60. The Balaban J connectivity index is 3.11. The van der Waals surface area contributed by atoms with Crippen LogP contribution in [0.25, 0.3) is 0 Å². The van der Waals surface area contributed by atoms with Crippen LogP contribution in [0.1, 0.15) is 19.8 Å². The number of hydrogen-bond acceptors (Lipinski definition) is 13. The smallest absolute Gasteiger partial charge is 0.189 e. The lowest BCUT2D eigenvalue weighted by Gasteiger charge is -2.05. The fraction of sp³-hybridized carbons (Fsp3) is 0.944. The second kappa shape index (κ2) is 30.7. The van der Waals surface area contributed by atoms with Gasteiger partial charge in [-0.3, -0.25) is 4.79 Å². The second-order valence-corrected chi connectivity index (χ2v) is 17.0. The minimum absolute atomic E-state index is 0.176. The lowest BCUT2D eigenvalue weighted by molar-refractivity contribution is -0.289. The summed E-state index contributed by atoms with van der Waals surface area (Å²) in [5.41, 5.74) is 0. The first-order chi connectivity index (χ1) is 15.3. The van der Waals surface area contributed by atoms with E-state index in [2.05, 4.69) is 6.92 Å². The number of thioether (sulfide) groups is 9. The second-order valence-electron chi connectivity index (χ2n) is 5.42. The molecule has 0 aromatic rings. The van der Waals surface area contributed by atoms with Crippen molar-refractivity contribution in [1.82, 2.24) is 0 Å². The standard InChI is InChI=1S/C18H36O4S9/c1-2-23-13-29-17-27-10-11-31-18(20)4-8-25-16-30-15-24-7-3-5-21-22-6-9-26-14-28-12-19/h19H,2-17H2,1H3. The van der Waals surface area contributed by atoms with Gasteiger partial charge in [0.15, 0.2) is 5.12 Å². The first kappa shape index (κ1) is 33.7. The molecule has 0 amide bonds. The van der Waals surface area contributed by atoms with Gasteiger partial charge in [-0.25, -0.2) is 9.78 Å². The maximum atomic E-state index is 11.9. The highest BCUT2D eigenvalue weighted by Crippen LogP contribution is 2.21. The van der Waals surface area contributed by atoms with Crippen molar-refractivity contribution in [2.45, 2.75) is 19.8 Å². The maximum absolute atomic E-state index is 11.9. The first-order valence-corrected chi connectivity index (χ1v) is 20.2. The van der Waals surface area contributed by atoms with Crippen LogP contribution in [0.5, 0.6) is 0 Å². The van der Waals surface area contributed by atoms with Gasteiger partial charge in [-0.2, -0.15) is 47.0 Å². The van der Waals surface area contributed by atoms with Gasteiger partial charge in [0.1, 0.15) is 0 Å². The Kier molecular flexibility index (Phi) is 33.4. The van der Waals surface area contributed by atoms with Crippen molar-refractivity contribution in [3.8, 4) is 0 Å². The van der Waals surface area contributed by atoms with Crippen LogP contribution in [0.4, 0.5) is 0 Å². The molecular formula is C18H36O4S9. The Hall–Kier alpha value is 2.70. The number of aliphatic hydroxyl groups excluding tert-OH is 1. The Labute approximate surface area is 227 Å². The molecule has 0 heterocycles. The third kappa shape index (κ3) is 30.7. The molecule has 0 saturated heterocycles. The van der Waals surface area contributed by atoms with Gasteiger partial charge in [-0.05, 0) is 17.9 Å². The van der Waals surface area contributed by atoms with Crippen LogP contribution in [0.3, 0.4) is 0 Å². The summed E-state index contributed by atoms with van der Waals surface area (Å²) in [6.45, 7) is 3.42. The van der Waals surface area contributed by atoms with Gasteiger partial charge in [0, 0.05) is 54.9 Å². The third-order valence-electron chi connectivity index (χ3n) is 2.98. The highest BCUT2D eigenvalue weighted by Gasteiger charge is 2.03. The quantitative estimate of drug-likeness (QED) is 0.0500. The summed E-state index contributed by atoms with van der Waals surface area (Å²) in [4.78, 5) is 22.1. The number of rotatable bonds is 26. The lowest BCUT2D eigenvalue weighted by atomic mass is 10.5. The third-order valence-corrected chi connectivity index (χ3v) is 13.4. The fourth-order valence-electron chi connectivity index (χ4n) is 1.59. The van der Waals surface area contributed by atoms with E-state index in [1.54, 1.807) is 11.8 Å². The molecule has 1 N–H and O–H groups in total. The van der Waals surface area contributed by atoms with Crippen molar-refractivity contribution in [1.29, 1.82) is 0 Å². The molecule has 0 spiro atoms. The van der Waals surface area contributed by atoms with E-state index in [4.69, 9.17) is 14.9 Å². The Morgan fingerprint density at radius 1 is 0.677 bits per heavy atom. The van der Waals surface area contributed by atoms with Crippen LogP contribution in [0.15, 0.2) is 0 Å². The van der Waals surface area contributed by atoms with Crippen molar-refractivity contribution in [3.05, 3.63) is 0 Å². The Bertz CT molecular complexity index is 371. The highest BCUT2D eigenvalue weighted by molar-refractivity contribution is 8.23. The molecule has 0 fully saturated rings. The van der Waals surface area contributed by atoms with Crippen molar-refractivity contribution >= 4 is 111 Å². The number of hydrogen-bond donors (Lipinski definition) is 1. The van der Waals surface area contributed by atoms with E-state index in [9.17, 15) is 4.79 Å². The molecule has 0 radical (unpaired) electrons. The zero-order valence-corrected chi connectivity index (χ0v) is 25.5. The van der Waals surface area contributed by atoms with Crippen LogP contribution in [-0.4, -0.2) is 89.3 Å². The minimum atomic E-state index is 0.176. The van der Waals surface area contributed by atoms with Gasteiger partial charge in [0.05, 0.1) is 19.2 Å². The van der Waals surface area contributed by atoms with E-state index in [-0.39, 0.29) is 5.94 Å². The molecule has 0 aliphatic rings. The summed E-state index contributed by atoms with van der Waals surface area (Å²) in [6, 6.07) is 0. The van der Waals surface area contributed by atoms with Gasteiger partial charge >= 0.3 is 0 Å². The average Bonchev–Trinajstić information content (AvgIpc) is 2.77. The molecule has 0 aliphatic heterocycles. The molecule has 0 aliphatic carbocycles. The molecule has 0 unspecified atom stereocenters. The van der Waals surface area contributed by atoms with Gasteiger partial charge in [-0.1, -0.05) is 18.7 Å². The number of carbonyl (C=O) groups excluding carboxylic acids is 1. The van der Waals surface area contributed by atoms with Crippen molar-refractivity contribution in [3.63, 3.8) is 0 Å². The molecule has 0 rings (SSSR count). The summed E-state index contributed by atoms with van der Waals surface area (Å²) in [5.74, 6) is 6.28. The molecule has 13 heteroatoms. The van der Waals surface area contributed by atoms with Crippen molar-refractivity contribution in [2.24, 2.45) is 0 Å². The summed E-state index contributed by atoms with van der Waals surface area (Å²) in [6.07, 6.45) is 1.68. The van der Waals surface area contributed by atoms with Crippen molar-refractivity contribution in [2.75, 3.05) is 79.1 Å². The van der Waals surface area contributed by atoms with Crippen LogP contribution in [-0.2, 0) is 14.6 Å². The minimum Gasteiger partial charge on any atom is -0.386 e. The van der Waals surface area contributed by atoms with E-state index < -0.39 is 0 Å². The summed E-state index contributed by atoms with van der Waals surface area (Å²) in [7, 11) is 0. The van der Waals surface area contributed by atoms with E-state index in [1.165, 1.54) is 34.4 Å². The average molecular weight is 605 g/mol. The van der Waals surface area contributed by atoms with Crippen LogP contribution in [0.2, 0.25) is 0 Å². The molecule has 0 atom stereocenters. The predicted molar refractivity (Wildman–Crippen MR) is 161 cm³/mol. The Morgan fingerprint density at radius 2 is 1.29 bits per heavy atom. The largest absolute Gasteiger partial charge is 0.386 e. The van der Waals surface area contributed by atoms with E-state index in [0.717, 1.165) is 55.5 Å². The molecule has 0 bridgehead atoms. The topological polar surface area (TPSA) is 55.8 Å². The van der Waals surface area contributed by atoms with E-state index >= 15 is 0 Å². The molecule has 0 aromatic heterocycles. The van der Waals surface area contributed by atoms with Crippen LogP contribution < -0.4 is 0 Å². The zero-order chi connectivity index (χ0) is 22.7. The molecular weight excluding hydrogens is 569 g/mol. The first-order valence-electron chi connectivity index (χ1n) is 9.94. The normalized spacial score (nSPS) is 11.3. The van der Waals surface area contributed by atoms with Gasteiger partial charge in [-0.15, -0.1) is 47.0 Å². The van der Waals surface area contributed by atoms with Crippen LogP contribution in [0, 0.1) is 0 Å². The molecule has 186 valence electrons. The Morgan fingerprint density at radius 3 is 2.03 bits per heavy atom. The maximum Gasteiger partial charge on any atom is 0.189 e. The van der Waals surface area contributed by atoms with E-state index in [0.29, 0.717) is 24.7 Å². The molecule has 4 nitrogen and oxygen atoms in total. The summed E-state index contributed by atoms with van der Waals surface area (Å²) < 4.78 is 0. The lowest BCUT2D eigenvalue weighted by Crippen LogP contribution is -2.01. The summed E-state index contributed by atoms with van der Waals surface area (Å²) in [5, 5.41) is 14.3. The molecule has 0 aromatic carbocycles. The zero-order valence-electron chi connectivity index (χ0n) is 18.2. The molecule has 31 heavy (non-hydrogen) atoms. The van der Waals surface area contributed by atoms with Gasteiger partial charge < -0.3 is 5.11 Å². The molecule has 0 saturated carbocycles. The highest BCUT2D eigenvalue weighted by atomic mass is 32.2. The number of aliphatic hydroxyl groups is 1. The van der Waals surface area contributed by atoms with E-state index in [1.807, 2.05) is 70.6 Å². The van der Waals surface area contributed by atoms with Gasteiger partial charge in [0.2, 0.25) is 0 Å². The van der Waals surface area contributed by atoms with Crippen LogP contribution >= 0.6 is 106 Å². The number of carbonyl (C=O) groups is 1. The fourth-order valence-corrected chi connectivity index (χ4v) is 10.8. The summed E-state index contributed by atoms with van der Waals surface area (Å²) >= 11 is 16.3.